The number of carbonyl (C=O) groups excluding carboxylic acids is 1. The quantitative estimate of drug-likeness (QED) is 0.629. The molecule has 0 saturated carbocycles. The Balaban J connectivity index is 2.28. The van der Waals surface area contributed by atoms with Crippen molar-refractivity contribution >= 4 is 16.9 Å². The van der Waals surface area contributed by atoms with Gasteiger partial charge in [-0.05, 0) is 35.4 Å². The third-order valence-corrected chi connectivity index (χ3v) is 4.63. The molecule has 16 heavy (non-hydrogen) atoms. The molecule has 0 N–H and O–H groups in total. The van der Waals surface area contributed by atoms with E-state index in [1.165, 1.54) is 17.6 Å². The Bertz CT molecular complexity index is 457. The summed E-state index contributed by atoms with van der Waals surface area (Å²) in [6, 6.07) is 8.29. The lowest BCUT2D eigenvalue weighted by molar-refractivity contribution is -0.135. The van der Waals surface area contributed by atoms with E-state index in [4.69, 9.17) is 4.74 Å². The zero-order chi connectivity index (χ0) is 11.5. The molecule has 1 aliphatic heterocycles. The van der Waals surface area contributed by atoms with Crippen molar-refractivity contribution in [2.24, 2.45) is 0 Å². The second-order valence-electron chi connectivity index (χ2n) is 3.59. The van der Waals surface area contributed by atoms with E-state index in [1.54, 1.807) is 0 Å². The Morgan fingerprint density at radius 3 is 2.56 bits per heavy atom. The number of ether oxygens (including phenoxy) is 1. The number of hydrogen-bond acceptors (Lipinski definition) is 2. The lowest BCUT2D eigenvalue weighted by Crippen LogP contribution is -2.03. The normalized spacial score (nSPS) is 20.6. The molecule has 0 amide bonds. The molecule has 0 aliphatic carbocycles. The third-order valence-electron chi connectivity index (χ3n) is 2.46. The maximum absolute atomic E-state index is 11.6. The molecule has 84 valence electrons. The van der Waals surface area contributed by atoms with Crippen molar-refractivity contribution in [1.29, 1.82) is 0 Å². The van der Waals surface area contributed by atoms with Crippen LogP contribution >= 0.6 is 10.9 Å². The summed E-state index contributed by atoms with van der Waals surface area (Å²) < 4.78 is 4.78. The molecular weight excluding hydrogens is 220 g/mol. The number of rotatable bonds is 2. The first kappa shape index (κ1) is 11.0. The van der Waals surface area contributed by atoms with Crippen LogP contribution in [0.1, 0.15) is 5.56 Å². The van der Waals surface area contributed by atoms with Crippen LogP contribution in [0.25, 0.3) is 0 Å². The molecule has 1 aliphatic rings. The summed E-state index contributed by atoms with van der Waals surface area (Å²) in [6.07, 6.45) is 3.77. The van der Waals surface area contributed by atoms with Gasteiger partial charge in [-0.15, -0.1) is 0 Å². The van der Waals surface area contributed by atoms with Gasteiger partial charge in [0.05, 0.1) is 12.0 Å². The lowest BCUT2D eigenvalue weighted by atomic mass is 10.2. The Kier molecular flexibility index (Phi) is 3.15. The largest absolute Gasteiger partial charge is 0.465 e. The van der Waals surface area contributed by atoms with Gasteiger partial charge in [-0.1, -0.05) is 23.8 Å². The number of aryl methyl sites for hydroxylation is 1. The fourth-order valence-corrected chi connectivity index (χ4v) is 3.46. The molecule has 0 saturated heterocycles. The van der Waals surface area contributed by atoms with Crippen molar-refractivity contribution in [3.63, 3.8) is 0 Å². The van der Waals surface area contributed by atoms with Gasteiger partial charge in [0, 0.05) is 0 Å². The third kappa shape index (κ3) is 2.04. The Morgan fingerprint density at radius 1 is 1.25 bits per heavy atom. The zero-order valence-electron chi connectivity index (χ0n) is 9.31. The van der Waals surface area contributed by atoms with E-state index in [2.05, 4.69) is 36.6 Å². The van der Waals surface area contributed by atoms with Crippen LogP contribution < -0.4 is 0 Å². The molecule has 0 bridgehead atoms. The highest BCUT2D eigenvalue weighted by Crippen LogP contribution is 2.48. The van der Waals surface area contributed by atoms with Crippen molar-refractivity contribution in [3.8, 4) is 0 Å². The molecule has 0 fully saturated rings. The zero-order valence-corrected chi connectivity index (χ0v) is 10.2. The predicted octanol–water partition coefficient (Wildman–Crippen LogP) is 2.94. The average molecular weight is 234 g/mol. The second-order valence-corrected chi connectivity index (χ2v) is 5.63. The fourth-order valence-electron chi connectivity index (χ4n) is 1.58. The maximum atomic E-state index is 11.6. The van der Waals surface area contributed by atoms with Crippen LogP contribution in [0.2, 0.25) is 0 Å². The number of hydrogen-bond donors (Lipinski definition) is 1. The molecular formula is C13H14O2S. The summed E-state index contributed by atoms with van der Waals surface area (Å²) >= 11 is 0. The van der Waals surface area contributed by atoms with Crippen molar-refractivity contribution < 1.29 is 9.53 Å². The van der Waals surface area contributed by atoms with Crippen LogP contribution in [0, 0.1) is 6.92 Å². The van der Waals surface area contributed by atoms with Crippen LogP contribution in [0.4, 0.5) is 0 Å². The summed E-state index contributed by atoms with van der Waals surface area (Å²) in [4.78, 5) is 13.5. The molecule has 0 aromatic heterocycles. The predicted molar refractivity (Wildman–Crippen MR) is 67.7 cm³/mol. The van der Waals surface area contributed by atoms with Crippen molar-refractivity contribution in [3.05, 3.63) is 52.3 Å². The fraction of sp³-hybridized carbons (Fsp3) is 0.154. The first-order chi connectivity index (χ1) is 7.72. The molecule has 3 heteroatoms. The Hall–Kier alpha value is -1.48. The number of methoxy groups -OCH3 is 1. The molecule has 1 aromatic carbocycles. The second kappa shape index (κ2) is 4.58. The summed E-state index contributed by atoms with van der Waals surface area (Å²) in [7, 11) is 0.766. The highest BCUT2D eigenvalue weighted by atomic mass is 32.2. The minimum Gasteiger partial charge on any atom is -0.465 e. The number of thiol groups is 1. The van der Waals surface area contributed by atoms with Gasteiger partial charge in [0.15, 0.2) is 0 Å². The molecule has 1 heterocycles. The van der Waals surface area contributed by atoms with Gasteiger partial charge in [0.25, 0.3) is 0 Å². The molecule has 0 spiro atoms. The van der Waals surface area contributed by atoms with Crippen LogP contribution in [0.5, 0.6) is 0 Å². The van der Waals surface area contributed by atoms with Crippen molar-refractivity contribution in [2.45, 2.75) is 11.8 Å². The van der Waals surface area contributed by atoms with Crippen LogP contribution in [0.15, 0.2) is 51.6 Å². The topological polar surface area (TPSA) is 26.3 Å². The number of esters is 1. The maximum Gasteiger partial charge on any atom is 0.343 e. The van der Waals surface area contributed by atoms with Gasteiger partial charge in [-0.25, -0.2) is 4.79 Å². The molecule has 2 rings (SSSR count). The highest BCUT2D eigenvalue weighted by molar-refractivity contribution is 8.23. The van der Waals surface area contributed by atoms with E-state index in [1.807, 2.05) is 12.2 Å². The van der Waals surface area contributed by atoms with Crippen molar-refractivity contribution in [2.75, 3.05) is 7.11 Å². The number of benzene rings is 1. The molecule has 0 radical (unpaired) electrons. The smallest absolute Gasteiger partial charge is 0.343 e. The van der Waals surface area contributed by atoms with Gasteiger partial charge in [-0.2, -0.15) is 10.9 Å². The average Bonchev–Trinajstić information content (AvgIpc) is 2.78. The first-order valence-corrected chi connectivity index (χ1v) is 6.46. The molecule has 1 atom stereocenters. The van der Waals surface area contributed by atoms with E-state index >= 15 is 0 Å². The molecule has 2 nitrogen and oxygen atoms in total. The lowest BCUT2D eigenvalue weighted by Gasteiger charge is -2.16. The van der Waals surface area contributed by atoms with Gasteiger partial charge in [0.2, 0.25) is 0 Å². The van der Waals surface area contributed by atoms with E-state index in [0.717, 1.165) is 4.91 Å². The van der Waals surface area contributed by atoms with Crippen molar-refractivity contribution in [1.82, 2.24) is 0 Å². The Morgan fingerprint density at radius 2 is 1.94 bits per heavy atom. The summed E-state index contributed by atoms with van der Waals surface area (Å²) in [5, 5.41) is 2.08. The number of carbonyl (C=O) groups is 1. The first-order valence-electron chi connectivity index (χ1n) is 5.05. The van der Waals surface area contributed by atoms with E-state index in [0.29, 0.717) is 0 Å². The summed E-state index contributed by atoms with van der Waals surface area (Å²) in [6.45, 7) is 2.05. The van der Waals surface area contributed by atoms with Gasteiger partial charge < -0.3 is 4.74 Å². The van der Waals surface area contributed by atoms with Crippen LogP contribution in [-0.2, 0) is 9.53 Å². The van der Waals surface area contributed by atoms with Gasteiger partial charge in [0.1, 0.15) is 0 Å². The number of allylic oxidation sites excluding steroid dienone is 2. The van der Waals surface area contributed by atoms with Gasteiger partial charge in [-0.3, -0.25) is 0 Å². The van der Waals surface area contributed by atoms with Crippen LogP contribution in [-0.4, -0.2) is 13.1 Å². The summed E-state index contributed by atoms with van der Waals surface area (Å²) in [5.74, 6) is -0.225. The molecule has 1 aromatic rings. The minimum absolute atomic E-state index is 0.225. The minimum atomic E-state index is -0.655. The monoisotopic (exact) mass is 234 g/mol. The van der Waals surface area contributed by atoms with E-state index < -0.39 is 10.9 Å². The standard InChI is InChI=1S/C13H14O2S/c1-10-5-7-11(8-6-10)16-9-3-4-12(16)13(14)15-2/h3-9,16H,1-2H3. The van der Waals surface area contributed by atoms with Crippen LogP contribution in [0.3, 0.4) is 0 Å². The van der Waals surface area contributed by atoms with E-state index in [9.17, 15) is 4.79 Å². The Labute approximate surface area is 98.0 Å². The SMILES string of the molecule is COC(=O)C1=CC=C[SH]1c1ccc(C)cc1. The van der Waals surface area contributed by atoms with Gasteiger partial charge >= 0.3 is 5.97 Å². The van der Waals surface area contributed by atoms with E-state index in [-0.39, 0.29) is 5.97 Å². The highest BCUT2D eigenvalue weighted by Gasteiger charge is 2.20. The molecule has 1 unspecified atom stereocenters. The summed E-state index contributed by atoms with van der Waals surface area (Å²) in [5.41, 5.74) is 1.23.